The average molecular weight is 266 g/mol. The molecule has 2 nitrogen and oxygen atoms in total. The van der Waals surface area contributed by atoms with Gasteiger partial charge in [-0.3, -0.25) is 0 Å². The fraction of sp³-hybridized carbons (Fsp3) is 0.733. The SMILES string of the molecule is NCc1cc(Cl)oc1C12CC3CC(CC(C3)C1)C2. The first-order chi connectivity index (χ1) is 8.68. The topological polar surface area (TPSA) is 39.2 Å². The van der Waals surface area contributed by atoms with E-state index in [-0.39, 0.29) is 5.41 Å². The zero-order valence-electron chi connectivity index (χ0n) is 10.6. The summed E-state index contributed by atoms with van der Waals surface area (Å²) in [7, 11) is 0. The summed E-state index contributed by atoms with van der Waals surface area (Å²) >= 11 is 6.06. The molecule has 98 valence electrons. The van der Waals surface area contributed by atoms with Gasteiger partial charge in [-0.2, -0.15) is 0 Å². The van der Waals surface area contributed by atoms with Crippen LogP contribution in [0, 0.1) is 17.8 Å². The lowest BCUT2D eigenvalue weighted by molar-refractivity contribution is -0.0156. The van der Waals surface area contributed by atoms with Crippen molar-refractivity contribution in [3.63, 3.8) is 0 Å². The molecular formula is C15H20ClNO. The summed E-state index contributed by atoms with van der Waals surface area (Å²) in [4.78, 5) is 0. The van der Waals surface area contributed by atoms with Crippen molar-refractivity contribution in [1.82, 2.24) is 0 Å². The second-order valence-electron chi connectivity index (χ2n) is 6.81. The van der Waals surface area contributed by atoms with Crippen molar-refractivity contribution in [3.8, 4) is 0 Å². The first kappa shape index (κ1) is 11.4. The Kier molecular flexibility index (Phi) is 2.38. The van der Waals surface area contributed by atoms with Gasteiger partial charge >= 0.3 is 0 Å². The van der Waals surface area contributed by atoms with Gasteiger partial charge in [-0.25, -0.2) is 0 Å². The first-order valence-electron chi connectivity index (χ1n) is 7.17. The van der Waals surface area contributed by atoms with Crippen molar-refractivity contribution in [1.29, 1.82) is 0 Å². The smallest absolute Gasteiger partial charge is 0.193 e. The van der Waals surface area contributed by atoms with Crippen LogP contribution in [0.3, 0.4) is 0 Å². The molecule has 4 saturated carbocycles. The monoisotopic (exact) mass is 265 g/mol. The summed E-state index contributed by atoms with van der Waals surface area (Å²) in [6, 6.07) is 1.93. The summed E-state index contributed by atoms with van der Waals surface area (Å²) in [6.45, 7) is 0.549. The summed E-state index contributed by atoms with van der Waals surface area (Å²) in [5.41, 5.74) is 7.28. The molecule has 4 aliphatic rings. The van der Waals surface area contributed by atoms with E-state index >= 15 is 0 Å². The van der Waals surface area contributed by atoms with Crippen LogP contribution < -0.4 is 5.73 Å². The largest absolute Gasteiger partial charge is 0.449 e. The lowest BCUT2D eigenvalue weighted by Crippen LogP contribution is -2.48. The lowest BCUT2D eigenvalue weighted by atomic mass is 9.49. The van der Waals surface area contributed by atoms with Crippen LogP contribution in [0.4, 0.5) is 0 Å². The van der Waals surface area contributed by atoms with E-state index < -0.39 is 0 Å². The molecule has 0 radical (unpaired) electrons. The minimum absolute atomic E-state index is 0.274. The van der Waals surface area contributed by atoms with E-state index in [2.05, 4.69) is 0 Å². The van der Waals surface area contributed by atoms with Gasteiger partial charge in [0, 0.05) is 23.6 Å². The predicted octanol–water partition coefficient (Wildman–Crippen LogP) is 3.86. The van der Waals surface area contributed by atoms with Gasteiger partial charge in [0.1, 0.15) is 5.76 Å². The Labute approximate surface area is 113 Å². The molecule has 0 spiro atoms. The van der Waals surface area contributed by atoms with Crippen LogP contribution in [0.15, 0.2) is 10.5 Å². The highest BCUT2D eigenvalue weighted by Crippen LogP contribution is 2.61. The van der Waals surface area contributed by atoms with E-state index in [1.165, 1.54) is 38.5 Å². The molecule has 18 heavy (non-hydrogen) atoms. The molecular weight excluding hydrogens is 246 g/mol. The van der Waals surface area contributed by atoms with Gasteiger partial charge in [-0.1, -0.05) is 0 Å². The van der Waals surface area contributed by atoms with Crippen LogP contribution in [0.5, 0.6) is 0 Å². The number of nitrogens with two attached hydrogens (primary N) is 1. The van der Waals surface area contributed by atoms with Gasteiger partial charge in [0.25, 0.3) is 0 Å². The third kappa shape index (κ3) is 1.51. The molecule has 0 saturated heterocycles. The second kappa shape index (κ2) is 3.77. The molecule has 0 unspecified atom stereocenters. The maximum atomic E-state index is 6.06. The third-order valence-electron chi connectivity index (χ3n) is 5.52. The molecule has 0 amide bonds. The standard InChI is InChI=1S/C15H20ClNO/c16-13-4-12(8-17)14(18-13)15-5-9-1-10(6-15)3-11(2-9)7-15/h4,9-11H,1-3,5-8,17H2. The Morgan fingerprint density at radius 1 is 1.17 bits per heavy atom. The Bertz CT molecular complexity index is 444. The van der Waals surface area contributed by atoms with Gasteiger partial charge in [0.15, 0.2) is 5.22 Å². The van der Waals surface area contributed by atoms with Crippen LogP contribution in [0.2, 0.25) is 5.22 Å². The minimum atomic E-state index is 0.274. The summed E-state index contributed by atoms with van der Waals surface area (Å²) in [5, 5.41) is 0.515. The molecule has 0 aliphatic heterocycles. The van der Waals surface area contributed by atoms with Crippen LogP contribution in [-0.2, 0) is 12.0 Å². The van der Waals surface area contributed by atoms with Crippen LogP contribution in [-0.4, -0.2) is 0 Å². The van der Waals surface area contributed by atoms with Gasteiger partial charge in [-0.15, -0.1) is 0 Å². The fourth-order valence-corrected chi connectivity index (χ4v) is 5.59. The zero-order chi connectivity index (χ0) is 12.3. The molecule has 4 fully saturated rings. The van der Waals surface area contributed by atoms with E-state index in [4.69, 9.17) is 21.8 Å². The van der Waals surface area contributed by atoms with Gasteiger partial charge < -0.3 is 10.2 Å². The van der Waals surface area contributed by atoms with E-state index in [9.17, 15) is 0 Å². The number of hydrogen-bond donors (Lipinski definition) is 1. The van der Waals surface area contributed by atoms with E-state index in [0.717, 1.165) is 29.1 Å². The summed E-state index contributed by atoms with van der Waals surface area (Å²) in [5.74, 6) is 3.90. The van der Waals surface area contributed by atoms with Crippen molar-refractivity contribution in [2.24, 2.45) is 23.5 Å². The normalized spacial score (nSPS) is 41.6. The Balaban J connectivity index is 1.78. The zero-order valence-corrected chi connectivity index (χ0v) is 11.4. The van der Waals surface area contributed by atoms with Crippen molar-refractivity contribution in [2.75, 3.05) is 0 Å². The Morgan fingerprint density at radius 2 is 1.72 bits per heavy atom. The van der Waals surface area contributed by atoms with Crippen molar-refractivity contribution in [2.45, 2.75) is 50.5 Å². The molecule has 4 aliphatic carbocycles. The van der Waals surface area contributed by atoms with E-state index in [1.807, 2.05) is 6.07 Å². The van der Waals surface area contributed by atoms with Gasteiger partial charge in [0.05, 0.1) is 0 Å². The van der Waals surface area contributed by atoms with E-state index in [1.54, 1.807) is 0 Å². The number of halogens is 1. The van der Waals surface area contributed by atoms with Gasteiger partial charge in [0.2, 0.25) is 0 Å². The highest BCUT2D eigenvalue weighted by atomic mass is 35.5. The maximum absolute atomic E-state index is 6.06. The second-order valence-corrected chi connectivity index (χ2v) is 7.18. The van der Waals surface area contributed by atoms with Crippen molar-refractivity contribution >= 4 is 11.6 Å². The number of furan rings is 1. The molecule has 1 heterocycles. The Hall–Kier alpha value is -0.470. The molecule has 0 aromatic carbocycles. The van der Waals surface area contributed by atoms with Gasteiger partial charge in [-0.05, 0) is 67.9 Å². The number of rotatable bonds is 2. The maximum Gasteiger partial charge on any atom is 0.193 e. The molecule has 4 bridgehead atoms. The predicted molar refractivity (Wildman–Crippen MR) is 71.5 cm³/mol. The Morgan fingerprint density at radius 3 is 2.22 bits per heavy atom. The summed E-state index contributed by atoms with van der Waals surface area (Å²) < 4.78 is 5.88. The average Bonchev–Trinajstić information content (AvgIpc) is 2.69. The van der Waals surface area contributed by atoms with Crippen LogP contribution in [0.25, 0.3) is 0 Å². The minimum Gasteiger partial charge on any atom is -0.449 e. The van der Waals surface area contributed by atoms with Crippen molar-refractivity contribution in [3.05, 3.63) is 22.6 Å². The fourth-order valence-electron chi connectivity index (χ4n) is 5.38. The molecule has 3 heteroatoms. The van der Waals surface area contributed by atoms with E-state index in [0.29, 0.717) is 11.8 Å². The van der Waals surface area contributed by atoms with Crippen LogP contribution in [0.1, 0.15) is 49.8 Å². The molecule has 1 aromatic rings. The molecule has 5 rings (SSSR count). The number of hydrogen-bond acceptors (Lipinski definition) is 2. The lowest BCUT2D eigenvalue weighted by Gasteiger charge is -2.56. The van der Waals surface area contributed by atoms with Crippen LogP contribution >= 0.6 is 11.6 Å². The quantitative estimate of drug-likeness (QED) is 0.882. The van der Waals surface area contributed by atoms with Crippen molar-refractivity contribution < 1.29 is 4.42 Å². The molecule has 0 atom stereocenters. The first-order valence-corrected chi connectivity index (χ1v) is 7.55. The highest BCUT2D eigenvalue weighted by molar-refractivity contribution is 6.28. The molecule has 2 N–H and O–H groups in total. The summed E-state index contributed by atoms with van der Waals surface area (Å²) in [6.07, 6.45) is 8.25. The highest BCUT2D eigenvalue weighted by Gasteiger charge is 2.53. The molecule has 1 aromatic heterocycles. The third-order valence-corrected chi connectivity index (χ3v) is 5.71.